The molecular weight excluding hydrogens is 238 g/mol. The molecule has 1 N–H and O–H groups in total. The maximum Gasteiger partial charge on any atom is 0.331 e. The maximum absolute atomic E-state index is 11.3. The van der Waals surface area contributed by atoms with Crippen LogP contribution in [0.1, 0.15) is 52.4 Å². The van der Waals surface area contributed by atoms with Gasteiger partial charge in [0.05, 0.1) is 11.5 Å². The Bertz CT molecular complexity index is 497. The second kappa shape index (κ2) is 3.85. The van der Waals surface area contributed by atoms with Crippen molar-refractivity contribution in [3.63, 3.8) is 0 Å². The molecule has 4 bridgehead atoms. The Morgan fingerprint density at radius 1 is 1.21 bits per heavy atom. The lowest BCUT2D eigenvalue weighted by Crippen LogP contribution is -2.52. The first-order valence-electron chi connectivity index (χ1n) is 7.22. The number of nitriles is 1. The van der Waals surface area contributed by atoms with E-state index in [-0.39, 0.29) is 10.8 Å². The summed E-state index contributed by atoms with van der Waals surface area (Å²) in [5.74, 6) is 0.467. The average Bonchev–Trinajstić information content (AvgIpc) is 2.35. The number of hydrogen-bond acceptors (Lipinski definition) is 2. The number of aliphatic carboxylic acids is 1. The summed E-state index contributed by atoms with van der Waals surface area (Å²) in [5.41, 5.74) is 1.37. The van der Waals surface area contributed by atoms with Crippen molar-refractivity contribution in [3.05, 3.63) is 11.1 Å². The third kappa shape index (κ3) is 1.73. The van der Waals surface area contributed by atoms with Gasteiger partial charge in [0.1, 0.15) is 0 Å². The van der Waals surface area contributed by atoms with Gasteiger partial charge in [-0.1, -0.05) is 5.57 Å². The Morgan fingerprint density at radius 2 is 1.79 bits per heavy atom. The summed E-state index contributed by atoms with van der Waals surface area (Å²) in [5, 5.41) is 18.8. The predicted octanol–water partition coefficient (Wildman–Crippen LogP) is 3.52. The van der Waals surface area contributed by atoms with Gasteiger partial charge in [0.15, 0.2) is 0 Å². The first kappa shape index (κ1) is 12.7. The van der Waals surface area contributed by atoms with Crippen LogP contribution in [0, 0.1) is 34.0 Å². The van der Waals surface area contributed by atoms with Crippen LogP contribution in [0.25, 0.3) is 0 Å². The summed E-state index contributed by atoms with van der Waals surface area (Å²) in [7, 11) is 0. The van der Waals surface area contributed by atoms with Crippen LogP contribution in [0.2, 0.25) is 0 Å². The molecule has 3 heteroatoms. The van der Waals surface area contributed by atoms with Crippen molar-refractivity contribution in [1.29, 1.82) is 5.26 Å². The van der Waals surface area contributed by atoms with Crippen molar-refractivity contribution < 1.29 is 9.90 Å². The van der Waals surface area contributed by atoms with Gasteiger partial charge in [0.25, 0.3) is 0 Å². The summed E-state index contributed by atoms with van der Waals surface area (Å²) >= 11 is 0. The largest absolute Gasteiger partial charge is 0.478 e. The number of hydrogen-bond donors (Lipinski definition) is 1. The fourth-order valence-electron chi connectivity index (χ4n) is 5.39. The number of carboxylic acid groups (broad SMARTS) is 1. The Balaban J connectivity index is 2.04. The number of rotatable bonds is 2. The van der Waals surface area contributed by atoms with Gasteiger partial charge in [-0.15, -0.1) is 0 Å². The molecule has 0 aromatic heterocycles. The average molecular weight is 259 g/mol. The van der Waals surface area contributed by atoms with E-state index < -0.39 is 5.97 Å². The van der Waals surface area contributed by atoms with Gasteiger partial charge < -0.3 is 5.11 Å². The van der Waals surface area contributed by atoms with E-state index in [2.05, 4.69) is 6.07 Å². The van der Waals surface area contributed by atoms with Gasteiger partial charge >= 0.3 is 5.97 Å². The van der Waals surface area contributed by atoms with Crippen LogP contribution >= 0.6 is 0 Å². The number of nitrogens with zero attached hydrogens (tertiary/aromatic N) is 1. The Morgan fingerprint density at radius 3 is 2.26 bits per heavy atom. The quantitative estimate of drug-likeness (QED) is 0.772. The minimum Gasteiger partial charge on any atom is -0.478 e. The van der Waals surface area contributed by atoms with Crippen LogP contribution in [-0.4, -0.2) is 11.1 Å². The minimum atomic E-state index is -0.806. The lowest BCUT2D eigenvalue weighted by molar-refractivity contribution is -0.133. The zero-order chi connectivity index (χ0) is 13.8. The highest BCUT2D eigenvalue weighted by Gasteiger charge is 2.58. The summed E-state index contributed by atoms with van der Waals surface area (Å²) < 4.78 is 0. The van der Waals surface area contributed by atoms with Gasteiger partial charge in [-0.3, -0.25) is 0 Å². The monoisotopic (exact) mass is 259 g/mol. The van der Waals surface area contributed by atoms with Crippen molar-refractivity contribution in [2.45, 2.75) is 52.4 Å². The van der Waals surface area contributed by atoms with E-state index in [4.69, 9.17) is 0 Å². The molecule has 19 heavy (non-hydrogen) atoms. The smallest absolute Gasteiger partial charge is 0.331 e. The van der Waals surface area contributed by atoms with Gasteiger partial charge in [-0.25, -0.2) is 4.79 Å². The van der Waals surface area contributed by atoms with Crippen LogP contribution < -0.4 is 0 Å². The van der Waals surface area contributed by atoms with Crippen molar-refractivity contribution in [2.24, 2.45) is 22.7 Å². The van der Waals surface area contributed by atoms with E-state index in [1.807, 2.05) is 6.92 Å². The first-order chi connectivity index (χ1) is 8.90. The highest BCUT2D eigenvalue weighted by Crippen LogP contribution is 2.67. The number of allylic oxidation sites excluding steroid dienone is 1. The molecule has 2 atom stereocenters. The standard InChI is InChI=1S/C16H21NO2/c1-10(14(18)19)11(2)16-6-12-3-13(7-16)5-15(4-12,8-16)9-17/h12-13H,3-8H2,1-2H3,(H,18,19). The van der Waals surface area contributed by atoms with Crippen molar-refractivity contribution in [2.75, 3.05) is 0 Å². The summed E-state index contributed by atoms with van der Waals surface area (Å²) in [6.45, 7) is 3.71. The molecule has 3 nitrogen and oxygen atoms in total. The fraction of sp³-hybridized carbons (Fsp3) is 0.750. The molecule has 4 aliphatic rings. The van der Waals surface area contributed by atoms with E-state index in [1.165, 1.54) is 6.42 Å². The van der Waals surface area contributed by atoms with E-state index in [9.17, 15) is 15.2 Å². The highest BCUT2D eigenvalue weighted by molar-refractivity contribution is 5.87. The Kier molecular flexibility index (Phi) is 2.58. The summed E-state index contributed by atoms with van der Waals surface area (Å²) in [6, 6.07) is 2.59. The molecule has 0 saturated heterocycles. The van der Waals surface area contributed by atoms with Crippen LogP contribution in [0.15, 0.2) is 11.1 Å². The molecule has 0 heterocycles. The van der Waals surface area contributed by atoms with Gasteiger partial charge in [0.2, 0.25) is 0 Å². The van der Waals surface area contributed by atoms with Crippen molar-refractivity contribution in [3.8, 4) is 6.07 Å². The third-order valence-electron chi connectivity index (χ3n) is 5.98. The predicted molar refractivity (Wildman–Crippen MR) is 71.2 cm³/mol. The molecule has 0 aromatic rings. The van der Waals surface area contributed by atoms with E-state index in [1.54, 1.807) is 6.92 Å². The SMILES string of the molecule is CC(C(=O)O)=C(C)C12CC3CC(CC(C#N)(C3)C1)C2. The third-order valence-corrected chi connectivity index (χ3v) is 5.98. The molecular formula is C16H21NO2. The topological polar surface area (TPSA) is 61.1 Å². The van der Waals surface area contributed by atoms with E-state index in [0.29, 0.717) is 17.4 Å². The van der Waals surface area contributed by atoms with Crippen molar-refractivity contribution in [1.82, 2.24) is 0 Å². The molecule has 0 amide bonds. The molecule has 4 rings (SSSR count). The number of carboxylic acids is 1. The molecule has 0 aliphatic heterocycles. The van der Waals surface area contributed by atoms with Crippen LogP contribution in [0.3, 0.4) is 0 Å². The Labute approximate surface area is 114 Å². The first-order valence-corrected chi connectivity index (χ1v) is 7.22. The molecule has 0 radical (unpaired) electrons. The molecule has 4 fully saturated rings. The van der Waals surface area contributed by atoms with Crippen molar-refractivity contribution >= 4 is 5.97 Å². The zero-order valence-electron chi connectivity index (χ0n) is 11.7. The van der Waals surface area contributed by atoms with Crippen LogP contribution in [0.5, 0.6) is 0 Å². The van der Waals surface area contributed by atoms with E-state index >= 15 is 0 Å². The van der Waals surface area contributed by atoms with Gasteiger partial charge in [0, 0.05) is 5.57 Å². The van der Waals surface area contributed by atoms with Gasteiger partial charge in [-0.2, -0.15) is 5.26 Å². The zero-order valence-corrected chi connectivity index (χ0v) is 11.7. The molecule has 2 unspecified atom stereocenters. The second-order valence-corrected chi connectivity index (χ2v) is 7.19. The van der Waals surface area contributed by atoms with Gasteiger partial charge in [-0.05, 0) is 69.6 Å². The summed E-state index contributed by atoms with van der Waals surface area (Å²) in [4.78, 5) is 11.3. The second-order valence-electron chi connectivity index (χ2n) is 7.19. The van der Waals surface area contributed by atoms with Crippen LogP contribution in [-0.2, 0) is 4.79 Å². The lowest BCUT2D eigenvalue weighted by atomic mass is 9.43. The number of carbonyl (C=O) groups is 1. The minimum absolute atomic E-state index is 0.00227. The molecule has 4 aliphatic carbocycles. The molecule has 0 spiro atoms. The van der Waals surface area contributed by atoms with E-state index in [0.717, 1.165) is 37.7 Å². The van der Waals surface area contributed by atoms with Crippen LogP contribution in [0.4, 0.5) is 0 Å². The highest BCUT2D eigenvalue weighted by atomic mass is 16.4. The maximum atomic E-state index is 11.3. The fourth-order valence-corrected chi connectivity index (χ4v) is 5.39. The normalized spacial score (nSPS) is 44.7. The molecule has 102 valence electrons. The molecule has 0 aromatic carbocycles. The summed E-state index contributed by atoms with van der Waals surface area (Å²) in [6.07, 6.45) is 6.43. The Hall–Kier alpha value is -1.30. The molecule has 4 saturated carbocycles. The lowest BCUT2D eigenvalue weighted by Gasteiger charge is -2.60.